The first-order valence-electron chi connectivity index (χ1n) is 5.57. The van der Waals surface area contributed by atoms with Gasteiger partial charge >= 0.3 is 0 Å². The molecule has 17 heavy (non-hydrogen) atoms. The van der Waals surface area contributed by atoms with Gasteiger partial charge in [-0.05, 0) is 44.0 Å². The number of benzene rings is 1. The summed E-state index contributed by atoms with van der Waals surface area (Å²) in [5.41, 5.74) is 10.7. The molecule has 3 nitrogen and oxygen atoms in total. The second-order valence-corrected chi connectivity index (χ2v) is 4.29. The maximum Gasteiger partial charge on any atom is 0.211 e. The van der Waals surface area contributed by atoms with Crippen molar-refractivity contribution in [3.05, 3.63) is 52.3 Å². The second-order valence-electron chi connectivity index (χ2n) is 4.29. The van der Waals surface area contributed by atoms with Crippen molar-refractivity contribution >= 4 is 11.5 Å². The Bertz CT molecular complexity index is 582. The normalized spacial score (nSPS) is 10.5. The van der Waals surface area contributed by atoms with E-state index in [1.165, 1.54) is 0 Å². The zero-order chi connectivity index (χ0) is 12.6. The minimum Gasteiger partial charge on any atom is -0.398 e. The van der Waals surface area contributed by atoms with Gasteiger partial charge in [-0.25, -0.2) is 0 Å². The Kier molecular flexibility index (Phi) is 2.76. The lowest BCUT2D eigenvalue weighted by Gasteiger charge is -2.04. The van der Waals surface area contributed by atoms with Crippen molar-refractivity contribution < 1.29 is 4.79 Å². The summed E-state index contributed by atoms with van der Waals surface area (Å²) in [6, 6.07) is 7.14. The Morgan fingerprint density at radius 3 is 2.29 bits per heavy atom. The number of aromatic nitrogens is 1. The Morgan fingerprint density at radius 1 is 1.12 bits per heavy atom. The molecule has 0 bridgehead atoms. The van der Waals surface area contributed by atoms with E-state index in [1.54, 1.807) is 12.1 Å². The summed E-state index contributed by atoms with van der Waals surface area (Å²) in [4.78, 5) is 15.5. The van der Waals surface area contributed by atoms with E-state index >= 15 is 0 Å². The molecule has 3 heteroatoms. The number of aromatic amines is 1. The number of hydrogen-bond donors (Lipinski definition) is 2. The van der Waals surface area contributed by atoms with Gasteiger partial charge in [0.2, 0.25) is 5.78 Å². The molecule has 0 amide bonds. The highest BCUT2D eigenvalue weighted by atomic mass is 16.1. The molecular weight excluding hydrogens is 212 g/mol. The number of nitrogens with two attached hydrogens (primary N) is 1. The third-order valence-corrected chi connectivity index (χ3v) is 3.24. The SMILES string of the molecule is Cc1[nH]c(C(=O)c2ccccc2N)c(C)c1C. The van der Waals surface area contributed by atoms with Crippen molar-refractivity contribution in [3.8, 4) is 0 Å². The molecule has 0 spiro atoms. The average molecular weight is 228 g/mol. The Morgan fingerprint density at radius 2 is 1.76 bits per heavy atom. The molecule has 3 N–H and O–H groups in total. The van der Waals surface area contributed by atoms with E-state index in [2.05, 4.69) is 4.98 Å². The summed E-state index contributed by atoms with van der Waals surface area (Å²) in [7, 11) is 0. The molecule has 0 fully saturated rings. The number of aryl methyl sites for hydroxylation is 1. The van der Waals surface area contributed by atoms with Gasteiger partial charge in [-0.15, -0.1) is 0 Å². The van der Waals surface area contributed by atoms with E-state index in [9.17, 15) is 4.79 Å². The van der Waals surface area contributed by atoms with Gasteiger partial charge in [0.05, 0.1) is 5.69 Å². The van der Waals surface area contributed by atoms with Crippen LogP contribution in [0.5, 0.6) is 0 Å². The molecule has 1 heterocycles. The van der Waals surface area contributed by atoms with Crippen LogP contribution < -0.4 is 5.73 Å². The Hall–Kier alpha value is -2.03. The van der Waals surface area contributed by atoms with Gasteiger partial charge in [-0.3, -0.25) is 4.79 Å². The van der Waals surface area contributed by atoms with E-state index in [0.29, 0.717) is 16.9 Å². The minimum atomic E-state index is -0.0446. The lowest BCUT2D eigenvalue weighted by Crippen LogP contribution is -2.07. The molecule has 0 radical (unpaired) electrons. The van der Waals surface area contributed by atoms with Crippen molar-refractivity contribution in [1.29, 1.82) is 0 Å². The monoisotopic (exact) mass is 228 g/mol. The van der Waals surface area contributed by atoms with Crippen LogP contribution in [0.15, 0.2) is 24.3 Å². The molecular formula is C14H16N2O. The predicted octanol–water partition coefficient (Wildman–Crippen LogP) is 2.75. The molecule has 2 aromatic rings. The number of anilines is 1. The van der Waals surface area contributed by atoms with Crippen LogP contribution in [0, 0.1) is 20.8 Å². The van der Waals surface area contributed by atoms with Crippen LogP contribution in [0.1, 0.15) is 32.9 Å². The van der Waals surface area contributed by atoms with E-state index in [1.807, 2.05) is 32.9 Å². The number of carbonyl (C=O) groups excluding carboxylic acids is 1. The standard InChI is InChI=1S/C14H16N2O/c1-8-9(2)13(16-10(8)3)14(17)11-6-4-5-7-12(11)15/h4-7,16H,15H2,1-3H3. The van der Waals surface area contributed by atoms with Gasteiger partial charge in [0.15, 0.2) is 0 Å². The topological polar surface area (TPSA) is 58.9 Å². The van der Waals surface area contributed by atoms with Crippen molar-refractivity contribution in [2.45, 2.75) is 20.8 Å². The predicted molar refractivity (Wildman–Crippen MR) is 69.3 cm³/mol. The molecule has 0 saturated heterocycles. The van der Waals surface area contributed by atoms with Crippen molar-refractivity contribution in [3.63, 3.8) is 0 Å². The number of rotatable bonds is 2. The maximum atomic E-state index is 12.3. The fourth-order valence-electron chi connectivity index (χ4n) is 1.91. The summed E-state index contributed by atoms with van der Waals surface area (Å²) >= 11 is 0. The number of carbonyl (C=O) groups is 1. The van der Waals surface area contributed by atoms with Crippen LogP contribution in [-0.2, 0) is 0 Å². The number of ketones is 1. The molecule has 2 rings (SSSR count). The fraction of sp³-hybridized carbons (Fsp3) is 0.214. The van der Waals surface area contributed by atoms with Crippen LogP contribution in [0.25, 0.3) is 0 Å². The number of hydrogen-bond acceptors (Lipinski definition) is 2. The molecule has 0 unspecified atom stereocenters. The maximum absolute atomic E-state index is 12.3. The van der Waals surface area contributed by atoms with Crippen molar-refractivity contribution in [1.82, 2.24) is 4.98 Å². The summed E-state index contributed by atoms with van der Waals surface area (Å²) in [5.74, 6) is -0.0446. The van der Waals surface area contributed by atoms with Crippen LogP contribution >= 0.6 is 0 Å². The van der Waals surface area contributed by atoms with Gasteiger partial charge in [-0.2, -0.15) is 0 Å². The molecule has 0 aliphatic rings. The quantitative estimate of drug-likeness (QED) is 0.613. The Balaban J connectivity index is 2.52. The Labute approximate surface area is 101 Å². The summed E-state index contributed by atoms with van der Waals surface area (Å²) in [5, 5.41) is 0. The molecule has 0 saturated carbocycles. The average Bonchev–Trinajstić information content (AvgIpc) is 2.57. The van der Waals surface area contributed by atoms with E-state index in [-0.39, 0.29) is 5.78 Å². The summed E-state index contributed by atoms with van der Waals surface area (Å²) in [6.07, 6.45) is 0. The molecule has 88 valence electrons. The molecule has 0 aliphatic heterocycles. The van der Waals surface area contributed by atoms with Gasteiger partial charge in [0, 0.05) is 16.9 Å². The second kappa shape index (κ2) is 4.09. The third-order valence-electron chi connectivity index (χ3n) is 3.24. The molecule has 0 aliphatic carbocycles. The number of nitrogen functional groups attached to an aromatic ring is 1. The number of para-hydroxylation sites is 1. The first-order valence-corrected chi connectivity index (χ1v) is 5.57. The zero-order valence-electron chi connectivity index (χ0n) is 10.3. The zero-order valence-corrected chi connectivity index (χ0v) is 10.3. The first-order chi connectivity index (χ1) is 8.02. The summed E-state index contributed by atoms with van der Waals surface area (Å²) in [6.45, 7) is 5.92. The van der Waals surface area contributed by atoms with Crippen molar-refractivity contribution in [2.24, 2.45) is 0 Å². The van der Waals surface area contributed by atoms with Crippen LogP contribution in [0.3, 0.4) is 0 Å². The van der Waals surface area contributed by atoms with Crippen LogP contribution in [0.4, 0.5) is 5.69 Å². The van der Waals surface area contributed by atoms with E-state index < -0.39 is 0 Å². The number of nitrogens with one attached hydrogen (secondary N) is 1. The lowest BCUT2D eigenvalue weighted by atomic mass is 10.0. The number of H-pyrrole nitrogens is 1. The van der Waals surface area contributed by atoms with Crippen LogP contribution in [0.2, 0.25) is 0 Å². The van der Waals surface area contributed by atoms with Gasteiger partial charge in [0.25, 0.3) is 0 Å². The molecule has 1 aromatic heterocycles. The van der Waals surface area contributed by atoms with E-state index in [0.717, 1.165) is 16.8 Å². The van der Waals surface area contributed by atoms with Gasteiger partial charge in [0.1, 0.15) is 0 Å². The fourth-order valence-corrected chi connectivity index (χ4v) is 1.91. The van der Waals surface area contributed by atoms with Crippen LogP contribution in [-0.4, -0.2) is 10.8 Å². The van der Waals surface area contributed by atoms with Gasteiger partial charge < -0.3 is 10.7 Å². The van der Waals surface area contributed by atoms with Gasteiger partial charge in [-0.1, -0.05) is 12.1 Å². The van der Waals surface area contributed by atoms with Crippen molar-refractivity contribution in [2.75, 3.05) is 5.73 Å². The molecule has 0 atom stereocenters. The largest absolute Gasteiger partial charge is 0.398 e. The third kappa shape index (κ3) is 1.84. The minimum absolute atomic E-state index is 0.0446. The summed E-state index contributed by atoms with van der Waals surface area (Å²) < 4.78 is 0. The highest BCUT2D eigenvalue weighted by Crippen LogP contribution is 2.21. The highest BCUT2D eigenvalue weighted by molar-refractivity contribution is 6.12. The smallest absolute Gasteiger partial charge is 0.211 e. The molecule has 1 aromatic carbocycles. The first kappa shape index (κ1) is 11.5. The van der Waals surface area contributed by atoms with E-state index in [4.69, 9.17) is 5.73 Å². The highest BCUT2D eigenvalue weighted by Gasteiger charge is 2.18. The lowest BCUT2D eigenvalue weighted by molar-refractivity contribution is 0.103.